The lowest BCUT2D eigenvalue weighted by molar-refractivity contribution is -0.392. The molecule has 5 saturated carbocycles. The van der Waals surface area contributed by atoms with Crippen LogP contribution in [0.2, 0.25) is 0 Å². The number of esters is 2. The molecule has 9 heteroatoms. The van der Waals surface area contributed by atoms with Gasteiger partial charge in [-0.3, -0.25) is 4.79 Å². The molecule has 6 fully saturated rings. The van der Waals surface area contributed by atoms with Crippen LogP contribution in [0.5, 0.6) is 0 Å². The van der Waals surface area contributed by atoms with Gasteiger partial charge in [-0.1, -0.05) is 13.8 Å². The van der Waals surface area contributed by atoms with Crippen molar-refractivity contribution < 1.29 is 43.5 Å². The standard InChI is InChI=1S/C32H46O9/c1-16-28(35)22(37-5)13-26(39-16)41-19-6-7-29(3)20(11-19)21-12-24-31(21,29)9-8-30(4)27(18-10-25(34)38-15-18)23(40-17(2)33)14-32(24,30)36/h10,16,19-24,26-28,35-36H,6-9,11-15H2,1-5H3/t16-,19?,20?,21?,22-,23?,24?,26?,27?,28?,29?,30?,31+,32?/m0/s1. The summed E-state index contributed by atoms with van der Waals surface area (Å²) in [5.74, 6) is 0.311. The van der Waals surface area contributed by atoms with Gasteiger partial charge >= 0.3 is 11.9 Å². The Balaban J connectivity index is 1.10. The Bertz CT molecular complexity index is 1150. The third-order valence-corrected chi connectivity index (χ3v) is 13.5. The summed E-state index contributed by atoms with van der Waals surface area (Å²) in [6.45, 7) is 8.10. The number of rotatable bonds is 5. The molecule has 0 aromatic rings. The van der Waals surface area contributed by atoms with Gasteiger partial charge in [-0.05, 0) is 79.6 Å². The molecule has 228 valence electrons. The van der Waals surface area contributed by atoms with E-state index in [4.69, 9.17) is 23.7 Å². The molecule has 1 spiro atoms. The van der Waals surface area contributed by atoms with Gasteiger partial charge in [-0.15, -0.1) is 0 Å². The van der Waals surface area contributed by atoms with Crippen LogP contribution < -0.4 is 0 Å². The Morgan fingerprint density at radius 2 is 1.85 bits per heavy atom. The lowest BCUT2D eigenvalue weighted by Gasteiger charge is -2.84. The summed E-state index contributed by atoms with van der Waals surface area (Å²) in [7, 11) is 1.62. The number of fused-ring (bicyclic) bond motifs is 4. The Morgan fingerprint density at radius 1 is 1.07 bits per heavy atom. The van der Waals surface area contributed by atoms with E-state index in [2.05, 4.69) is 13.8 Å². The fourth-order valence-electron chi connectivity index (χ4n) is 11.7. The van der Waals surface area contributed by atoms with Crippen molar-refractivity contribution in [1.29, 1.82) is 0 Å². The quantitative estimate of drug-likeness (QED) is 0.376. The summed E-state index contributed by atoms with van der Waals surface area (Å²) in [5, 5.41) is 23.0. The van der Waals surface area contributed by atoms with Crippen LogP contribution >= 0.6 is 0 Å². The van der Waals surface area contributed by atoms with Crippen LogP contribution in [0.4, 0.5) is 0 Å². The molecular weight excluding hydrogens is 528 g/mol. The van der Waals surface area contributed by atoms with Gasteiger partial charge < -0.3 is 33.9 Å². The third-order valence-electron chi connectivity index (χ3n) is 13.5. The van der Waals surface area contributed by atoms with E-state index in [0.29, 0.717) is 24.7 Å². The van der Waals surface area contributed by atoms with E-state index in [1.54, 1.807) is 13.2 Å². The first kappa shape index (κ1) is 28.3. The number of hydrogen-bond acceptors (Lipinski definition) is 9. The highest BCUT2D eigenvalue weighted by molar-refractivity contribution is 5.85. The Hall–Kier alpha value is -1.52. The highest BCUT2D eigenvalue weighted by atomic mass is 16.7. The average molecular weight is 575 g/mol. The van der Waals surface area contributed by atoms with E-state index in [1.807, 2.05) is 6.92 Å². The summed E-state index contributed by atoms with van der Waals surface area (Å²) in [6.07, 6.45) is 6.34. The minimum absolute atomic E-state index is 0.0873. The van der Waals surface area contributed by atoms with Crippen LogP contribution in [0.1, 0.15) is 79.1 Å². The van der Waals surface area contributed by atoms with E-state index < -0.39 is 23.2 Å². The summed E-state index contributed by atoms with van der Waals surface area (Å²) >= 11 is 0. The van der Waals surface area contributed by atoms with E-state index in [9.17, 15) is 19.8 Å². The molecule has 41 heavy (non-hydrogen) atoms. The molecular formula is C32H46O9. The van der Waals surface area contributed by atoms with E-state index in [1.165, 1.54) is 6.92 Å². The molecule has 7 aliphatic rings. The topological polar surface area (TPSA) is 121 Å². The fraction of sp³-hybridized carbons (Fsp3) is 0.875. The molecule has 2 N–H and O–H groups in total. The molecule has 0 aromatic heterocycles. The van der Waals surface area contributed by atoms with Crippen LogP contribution in [0.25, 0.3) is 0 Å². The number of ether oxygens (including phenoxy) is 5. The second-order valence-corrected chi connectivity index (χ2v) is 14.8. The van der Waals surface area contributed by atoms with Crippen molar-refractivity contribution in [2.45, 2.75) is 121 Å². The number of hydrogen-bond donors (Lipinski definition) is 2. The zero-order valence-electron chi connectivity index (χ0n) is 25.0. The number of aliphatic hydroxyl groups is 2. The van der Waals surface area contributed by atoms with Crippen molar-refractivity contribution in [3.63, 3.8) is 0 Å². The SMILES string of the molecule is CO[C@H]1CC(OC2CCC3(C)C(C2)C2CC4C5(O)CC(OC(C)=O)C(C6=CC(=O)OC6)C5(C)CC[C@@]243)O[C@@H](C)C1O. The van der Waals surface area contributed by atoms with Gasteiger partial charge in [0.1, 0.15) is 18.8 Å². The van der Waals surface area contributed by atoms with Crippen LogP contribution in [0, 0.1) is 39.9 Å². The first-order valence-corrected chi connectivity index (χ1v) is 15.7. The van der Waals surface area contributed by atoms with Gasteiger partial charge in [0.2, 0.25) is 0 Å². The van der Waals surface area contributed by atoms with E-state index in [-0.39, 0.29) is 65.8 Å². The van der Waals surface area contributed by atoms with E-state index in [0.717, 1.165) is 44.1 Å². The summed E-state index contributed by atoms with van der Waals surface area (Å²) in [5.41, 5.74) is -0.395. The Kier molecular flexibility index (Phi) is 6.37. The first-order valence-electron chi connectivity index (χ1n) is 15.7. The average Bonchev–Trinajstić information content (AvgIpc) is 3.40. The number of methoxy groups -OCH3 is 1. The summed E-state index contributed by atoms with van der Waals surface area (Å²) < 4.78 is 29.1. The molecule has 1 saturated heterocycles. The fourth-order valence-corrected chi connectivity index (χ4v) is 11.7. The Labute approximate surface area is 242 Å². The maximum absolute atomic E-state index is 12.7. The smallest absolute Gasteiger partial charge is 0.331 e. The lowest BCUT2D eigenvalue weighted by atomic mass is 9.20. The highest BCUT2D eigenvalue weighted by Gasteiger charge is 2.85. The van der Waals surface area contributed by atoms with Crippen molar-refractivity contribution in [3.8, 4) is 0 Å². The van der Waals surface area contributed by atoms with Gasteiger partial charge in [0.15, 0.2) is 6.29 Å². The van der Waals surface area contributed by atoms with Gasteiger partial charge in [0.25, 0.3) is 0 Å². The molecule has 11 unspecified atom stereocenters. The van der Waals surface area contributed by atoms with Crippen LogP contribution in [-0.4, -0.2) is 78.3 Å². The van der Waals surface area contributed by atoms with Crippen molar-refractivity contribution in [2.75, 3.05) is 13.7 Å². The first-order chi connectivity index (χ1) is 19.4. The van der Waals surface area contributed by atoms with Gasteiger partial charge in [-0.25, -0.2) is 4.79 Å². The maximum atomic E-state index is 12.7. The highest BCUT2D eigenvalue weighted by Crippen LogP contribution is 2.87. The molecule has 14 atom stereocenters. The zero-order valence-corrected chi connectivity index (χ0v) is 25.0. The second-order valence-electron chi connectivity index (χ2n) is 14.8. The van der Waals surface area contributed by atoms with Gasteiger partial charge in [0.05, 0.1) is 23.9 Å². The Morgan fingerprint density at radius 3 is 2.54 bits per heavy atom. The molecule has 5 aliphatic carbocycles. The molecule has 7 rings (SSSR count). The van der Waals surface area contributed by atoms with Crippen LogP contribution in [-0.2, 0) is 33.3 Å². The predicted molar refractivity (Wildman–Crippen MR) is 145 cm³/mol. The molecule has 0 radical (unpaired) electrons. The number of carbonyl (C=O) groups is 2. The van der Waals surface area contributed by atoms with Crippen LogP contribution in [0.15, 0.2) is 11.6 Å². The van der Waals surface area contributed by atoms with Crippen molar-refractivity contribution in [3.05, 3.63) is 11.6 Å². The molecule has 0 aromatic carbocycles. The third kappa shape index (κ3) is 3.59. The van der Waals surface area contributed by atoms with Crippen molar-refractivity contribution in [2.24, 2.45) is 39.9 Å². The molecule has 0 bridgehead atoms. The maximum Gasteiger partial charge on any atom is 0.331 e. The van der Waals surface area contributed by atoms with Crippen molar-refractivity contribution in [1.82, 2.24) is 0 Å². The predicted octanol–water partition coefficient (Wildman–Crippen LogP) is 3.29. The minimum atomic E-state index is -0.970. The normalized spacial score (nSPS) is 55.3. The summed E-state index contributed by atoms with van der Waals surface area (Å²) in [6, 6.07) is 0. The lowest BCUT2D eigenvalue weighted by Crippen LogP contribution is -2.81. The molecule has 0 amide bonds. The molecule has 2 heterocycles. The monoisotopic (exact) mass is 574 g/mol. The number of aliphatic hydroxyl groups excluding tert-OH is 1. The van der Waals surface area contributed by atoms with Crippen molar-refractivity contribution >= 4 is 11.9 Å². The summed E-state index contributed by atoms with van der Waals surface area (Å²) in [4.78, 5) is 24.2. The van der Waals surface area contributed by atoms with Gasteiger partial charge in [0, 0.05) is 44.3 Å². The minimum Gasteiger partial charge on any atom is -0.462 e. The number of cyclic esters (lactones) is 1. The van der Waals surface area contributed by atoms with Crippen LogP contribution in [0.3, 0.4) is 0 Å². The van der Waals surface area contributed by atoms with E-state index >= 15 is 0 Å². The largest absolute Gasteiger partial charge is 0.462 e. The number of carbonyl (C=O) groups excluding carboxylic acids is 2. The molecule has 2 aliphatic heterocycles. The molecule has 9 nitrogen and oxygen atoms in total. The second kappa shape index (κ2) is 9.24. The van der Waals surface area contributed by atoms with Gasteiger partial charge in [-0.2, -0.15) is 0 Å². The zero-order chi connectivity index (χ0) is 29.1.